The van der Waals surface area contributed by atoms with Crippen molar-refractivity contribution in [2.24, 2.45) is 0 Å². The third-order valence-corrected chi connectivity index (χ3v) is 4.75. The molecule has 0 aliphatic rings. The van der Waals surface area contributed by atoms with Crippen LogP contribution in [0.5, 0.6) is 5.75 Å². The van der Waals surface area contributed by atoms with E-state index in [4.69, 9.17) is 9.47 Å². The van der Waals surface area contributed by atoms with Crippen molar-refractivity contribution in [3.8, 4) is 5.75 Å². The molecular formula is C24H26O4. The first-order chi connectivity index (χ1) is 13.3. The van der Waals surface area contributed by atoms with Gasteiger partial charge in [-0.05, 0) is 33.9 Å². The molecule has 0 aromatic heterocycles. The van der Waals surface area contributed by atoms with Crippen LogP contribution in [0.25, 0.3) is 21.5 Å². The van der Waals surface area contributed by atoms with Crippen LogP contribution in [-0.2, 0) is 14.9 Å². The number of hydrogen-bond donors (Lipinski definition) is 1. The van der Waals surface area contributed by atoms with Gasteiger partial charge in [-0.15, -0.1) is 0 Å². The van der Waals surface area contributed by atoms with Crippen molar-refractivity contribution in [2.45, 2.75) is 32.3 Å². The number of fused-ring (bicyclic) bond motifs is 2. The average Bonchev–Trinajstić information content (AvgIpc) is 2.68. The second kappa shape index (κ2) is 8.03. The standard InChI is InChI=1S/C24H26O4/c1-5-22(26)28-19(14-25)15-27-23-20-9-7-6-8-16(20)12-17-10-11-18(13-21(17)23)24(2,3)4/h5-13,19,25H,1,14-15H2,2-4H3. The molecule has 1 atom stereocenters. The largest absolute Gasteiger partial charge is 0.488 e. The smallest absolute Gasteiger partial charge is 0.330 e. The monoisotopic (exact) mass is 378 g/mol. The van der Waals surface area contributed by atoms with E-state index in [1.165, 1.54) is 5.56 Å². The molecule has 0 saturated heterocycles. The van der Waals surface area contributed by atoms with Crippen molar-refractivity contribution in [3.05, 3.63) is 66.7 Å². The lowest BCUT2D eigenvalue weighted by Gasteiger charge is -2.22. The van der Waals surface area contributed by atoms with E-state index in [0.717, 1.165) is 33.4 Å². The predicted molar refractivity (Wildman–Crippen MR) is 113 cm³/mol. The second-order valence-electron chi connectivity index (χ2n) is 7.87. The molecule has 0 heterocycles. The highest BCUT2D eigenvalue weighted by Gasteiger charge is 2.18. The molecule has 0 bridgehead atoms. The molecule has 0 spiro atoms. The number of aliphatic hydroxyl groups excluding tert-OH is 1. The van der Waals surface area contributed by atoms with E-state index in [1.54, 1.807) is 0 Å². The summed E-state index contributed by atoms with van der Waals surface area (Å²) in [4.78, 5) is 11.5. The zero-order valence-corrected chi connectivity index (χ0v) is 16.6. The van der Waals surface area contributed by atoms with Crippen LogP contribution in [-0.4, -0.2) is 30.4 Å². The molecule has 1 N–H and O–H groups in total. The Morgan fingerprint density at radius 1 is 1.11 bits per heavy atom. The molecule has 3 aromatic rings. The fourth-order valence-corrected chi connectivity index (χ4v) is 3.16. The highest BCUT2D eigenvalue weighted by atomic mass is 16.6. The fraction of sp³-hybridized carbons (Fsp3) is 0.292. The van der Waals surface area contributed by atoms with E-state index in [2.05, 4.69) is 51.6 Å². The molecule has 4 heteroatoms. The molecule has 3 rings (SSSR count). The van der Waals surface area contributed by atoms with Gasteiger partial charge in [0.2, 0.25) is 0 Å². The first-order valence-corrected chi connectivity index (χ1v) is 9.36. The van der Waals surface area contributed by atoms with Gasteiger partial charge in [-0.2, -0.15) is 0 Å². The van der Waals surface area contributed by atoms with Crippen LogP contribution in [0.3, 0.4) is 0 Å². The van der Waals surface area contributed by atoms with Gasteiger partial charge in [-0.1, -0.05) is 63.7 Å². The Morgan fingerprint density at radius 2 is 1.82 bits per heavy atom. The van der Waals surface area contributed by atoms with Crippen LogP contribution >= 0.6 is 0 Å². The van der Waals surface area contributed by atoms with E-state index in [1.807, 2.05) is 24.3 Å². The van der Waals surface area contributed by atoms with Gasteiger partial charge in [0.25, 0.3) is 0 Å². The van der Waals surface area contributed by atoms with Crippen LogP contribution in [0, 0.1) is 0 Å². The van der Waals surface area contributed by atoms with Gasteiger partial charge in [-0.25, -0.2) is 4.79 Å². The topological polar surface area (TPSA) is 55.8 Å². The zero-order valence-electron chi connectivity index (χ0n) is 16.6. The maximum absolute atomic E-state index is 11.5. The van der Waals surface area contributed by atoms with E-state index in [0.29, 0.717) is 0 Å². The number of ether oxygens (including phenoxy) is 2. The first-order valence-electron chi connectivity index (χ1n) is 9.36. The maximum Gasteiger partial charge on any atom is 0.330 e. The predicted octanol–water partition coefficient (Wildman–Crippen LogP) is 4.76. The van der Waals surface area contributed by atoms with Crippen molar-refractivity contribution in [2.75, 3.05) is 13.2 Å². The number of rotatable bonds is 6. The highest BCUT2D eigenvalue weighted by molar-refractivity contribution is 6.05. The Morgan fingerprint density at radius 3 is 2.50 bits per heavy atom. The van der Waals surface area contributed by atoms with Gasteiger partial charge in [0.05, 0.1) is 6.61 Å². The van der Waals surface area contributed by atoms with Crippen molar-refractivity contribution in [3.63, 3.8) is 0 Å². The summed E-state index contributed by atoms with van der Waals surface area (Å²) in [5.41, 5.74) is 1.21. The van der Waals surface area contributed by atoms with Crippen LogP contribution in [0.4, 0.5) is 0 Å². The summed E-state index contributed by atoms with van der Waals surface area (Å²) < 4.78 is 11.3. The van der Waals surface area contributed by atoms with Crippen molar-refractivity contribution in [1.29, 1.82) is 0 Å². The Hall–Kier alpha value is -2.85. The molecule has 146 valence electrons. The minimum absolute atomic E-state index is 0.00420. The van der Waals surface area contributed by atoms with Crippen molar-refractivity contribution < 1.29 is 19.4 Å². The number of aliphatic hydroxyl groups is 1. The maximum atomic E-state index is 11.5. The minimum atomic E-state index is -0.759. The molecule has 3 aromatic carbocycles. The first kappa shape index (κ1) is 19.9. The summed E-state index contributed by atoms with van der Waals surface area (Å²) in [5, 5.41) is 13.7. The van der Waals surface area contributed by atoms with Gasteiger partial charge < -0.3 is 14.6 Å². The summed E-state index contributed by atoms with van der Waals surface area (Å²) in [7, 11) is 0. The molecular weight excluding hydrogens is 352 g/mol. The van der Waals surface area contributed by atoms with E-state index in [9.17, 15) is 9.90 Å². The minimum Gasteiger partial charge on any atom is -0.488 e. The van der Waals surface area contributed by atoms with Gasteiger partial charge >= 0.3 is 5.97 Å². The normalized spacial score (nSPS) is 12.7. The number of benzene rings is 3. The third kappa shape index (κ3) is 4.18. The number of carbonyl (C=O) groups is 1. The van der Waals surface area contributed by atoms with Gasteiger partial charge in [0.1, 0.15) is 12.4 Å². The van der Waals surface area contributed by atoms with Crippen LogP contribution in [0.15, 0.2) is 61.2 Å². The molecule has 0 aliphatic carbocycles. The Kier molecular flexibility index (Phi) is 5.71. The molecule has 0 saturated carbocycles. The molecule has 1 unspecified atom stereocenters. The molecule has 28 heavy (non-hydrogen) atoms. The van der Waals surface area contributed by atoms with Crippen LogP contribution in [0.1, 0.15) is 26.3 Å². The van der Waals surface area contributed by atoms with Gasteiger partial charge in [-0.3, -0.25) is 0 Å². The number of esters is 1. The number of carbonyl (C=O) groups excluding carboxylic acids is 1. The summed E-state index contributed by atoms with van der Waals surface area (Å²) in [6, 6.07) is 16.6. The highest BCUT2D eigenvalue weighted by Crippen LogP contribution is 2.37. The SMILES string of the molecule is C=CC(=O)OC(CO)COc1c2ccccc2cc2ccc(C(C)(C)C)cc12. The number of hydrogen-bond acceptors (Lipinski definition) is 4. The summed E-state index contributed by atoms with van der Waals surface area (Å²) in [6.45, 7) is 9.63. The van der Waals surface area contributed by atoms with E-state index < -0.39 is 12.1 Å². The fourth-order valence-electron chi connectivity index (χ4n) is 3.16. The molecule has 4 nitrogen and oxygen atoms in total. The van der Waals surface area contributed by atoms with Crippen molar-refractivity contribution >= 4 is 27.5 Å². The van der Waals surface area contributed by atoms with Crippen LogP contribution in [0.2, 0.25) is 0 Å². The van der Waals surface area contributed by atoms with Gasteiger partial charge in [0, 0.05) is 16.8 Å². The van der Waals surface area contributed by atoms with Crippen LogP contribution < -0.4 is 4.74 Å². The second-order valence-corrected chi connectivity index (χ2v) is 7.87. The third-order valence-electron chi connectivity index (χ3n) is 4.75. The summed E-state index contributed by atoms with van der Waals surface area (Å²) in [5.74, 6) is 0.146. The summed E-state index contributed by atoms with van der Waals surface area (Å²) >= 11 is 0. The van der Waals surface area contributed by atoms with Crippen molar-refractivity contribution in [1.82, 2.24) is 0 Å². The Labute approximate surface area is 165 Å². The molecule has 0 aliphatic heterocycles. The van der Waals surface area contributed by atoms with Gasteiger partial charge in [0.15, 0.2) is 6.10 Å². The average molecular weight is 378 g/mol. The Bertz CT molecular complexity index is 1010. The van der Waals surface area contributed by atoms with E-state index in [-0.39, 0.29) is 18.6 Å². The quantitative estimate of drug-likeness (QED) is 0.382. The Balaban J connectivity index is 2.08. The van der Waals surface area contributed by atoms with E-state index >= 15 is 0 Å². The molecule has 0 amide bonds. The molecule has 0 fully saturated rings. The molecule has 0 radical (unpaired) electrons. The lowest BCUT2D eigenvalue weighted by molar-refractivity contribution is -0.146. The zero-order chi connectivity index (χ0) is 20.3. The lowest BCUT2D eigenvalue weighted by Crippen LogP contribution is -2.28. The summed E-state index contributed by atoms with van der Waals surface area (Å²) in [6.07, 6.45) is 0.316. The lowest BCUT2D eigenvalue weighted by atomic mass is 9.85.